The first-order chi connectivity index (χ1) is 4.29. The van der Waals surface area contributed by atoms with Crippen LogP contribution in [0.15, 0.2) is 0 Å². The molecule has 0 bridgehead atoms. The van der Waals surface area contributed by atoms with Gasteiger partial charge in [0.05, 0.1) is 6.61 Å². The summed E-state index contributed by atoms with van der Waals surface area (Å²) in [5.74, 6) is 0. The normalized spacial score (nSPS) is 56.7. The molecule has 4 heteroatoms. The summed E-state index contributed by atoms with van der Waals surface area (Å²) in [6, 6.07) is 0. The molecule has 9 heavy (non-hydrogen) atoms. The molecule has 2 fully saturated rings. The van der Waals surface area contributed by atoms with Gasteiger partial charge in [-0.05, 0) is 0 Å². The summed E-state index contributed by atoms with van der Waals surface area (Å²) in [5.41, 5.74) is 0. The van der Waals surface area contributed by atoms with Crippen LogP contribution in [0.2, 0.25) is 0 Å². The van der Waals surface area contributed by atoms with Crippen LogP contribution in [-0.2, 0) is 9.47 Å². The summed E-state index contributed by atoms with van der Waals surface area (Å²) in [6.45, 7) is 0.183. The number of aliphatic hydroxyl groups is 2. The molecule has 2 N–H and O–H groups in total. The van der Waals surface area contributed by atoms with Crippen molar-refractivity contribution >= 4 is 0 Å². The monoisotopic (exact) mass is 132 g/mol. The lowest BCUT2D eigenvalue weighted by Crippen LogP contribution is -2.36. The highest BCUT2D eigenvalue weighted by atomic mass is 16.7. The van der Waals surface area contributed by atoms with Gasteiger partial charge in [-0.15, -0.1) is 0 Å². The third-order valence-corrected chi connectivity index (χ3v) is 1.66. The molecule has 2 aliphatic heterocycles. The molecule has 4 unspecified atom stereocenters. The minimum Gasteiger partial charge on any atom is -0.388 e. The molecule has 0 amide bonds. The van der Waals surface area contributed by atoms with Crippen molar-refractivity contribution in [3.8, 4) is 0 Å². The molecule has 0 aromatic heterocycles. The van der Waals surface area contributed by atoms with Gasteiger partial charge in [0, 0.05) is 0 Å². The van der Waals surface area contributed by atoms with Crippen LogP contribution < -0.4 is 0 Å². The van der Waals surface area contributed by atoms with Crippen molar-refractivity contribution in [1.82, 2.24) is 0 Å². The van der Waals surface area contributed by atoms with Crippen molar-refractivity contribution in [3.63, 3.8) is 0 Å². The van der Waals surface area contributed by atoms with Gasteiger partial charge in [0.1, 0.15) is 18.3 Å². The van der Waals surface area contributed by atoms with Crippen LogP contribution in [0.3, 0.4) is 0 Å². The second-order valence-corrected chi connectivity index (χ2v) is 2.36. The quantitative estimate of drug-likeness (QED) is 0.392. The number of aliphatic hydroxyl groups excluding tert-OH is 2. The number of hydrogen-bond donors (Lipinski definition) is 2. The van der Waals surface area contributed by atoms with E-state index in [0.717, 1.165) is 0 Å². The Balaban J connectivity index is 2.01. The van der Waals surface area contributed by atoms with E-state index in [1.165, 1.54) is 0 Å². The SMILES string of the molecule is OC1COC(O)C2OC12. The van der Waals surface area contributed by atoms with E-state index >= 15 is 0 Å². The lowest BCUT2D eigenvalue weighted by atomic mass is 10.1. The van der Waals surface area contributed by atoms with Crippen molar-refractivity contribution < 1.29 is 19.7 Å². The Hall–Kier alpha value is -0.160. The van der Waals surface area contributed by atoms with E-state index in [4.69, 9.17) is 19.7 Å². The molecule has 4 atom stereocenters. The minimum atomic E-state index is -0.821. The summed E-state index contributed by atoms with van der Waals surface area (Å²) in [7, 11) is 0. The summed E-state index contributed by atoms with van der Waals surface area (Å²) in [5, 5.41) is 17.9. The van der Waals surface area contributed by atoms with Crippen LogP contribution in [0.1, 0.15) is 0 Å². The van der Waals surface area contributed by atoms with Crippen molar-refractivity contribution in [1.29, 1.82) is 0 Å². The molecule has 0 radical (unpaired) electrons. The average molecular weight is 132 g/mol. The standard InChI is InChI=1S/C5H8O4/c6-2-1-8-5(7)4-3(2)9-4/h2-7H,1H2. The van der Waals surface area contributed by atoms with Crippen LogP contribution in [0.5, 0.6) is 0 Å². The van der Waals surface area contributed by atoms with Gasteiger partial charge >= 0.3 is 0 Å². The van der Waals surface area contributed by atoms with E-state index in [1.54, 1.807) is 0 Å². The average Bonchev–Trinajstić information content (AvgIpc) is 2.57. The maximum atomic E-state index is 8.98. The van der Waals surface area contributed by atoms with Crippen LogP contribution in [-0.4, -0.2) is 41.4 Å². The zero-order chi connectivity index (χ0) is 6.43. The highest BCUT2D eigenvalue weighted by Gasteiger charge is 2.53. The first-order valence-electron chi connectivity index (χ1n) is 2.92. The predicted octanol–water partition coefficient (Wildman–Crippen LogP) is -1.54. The third-order valence-electron chi connectivity index (χ3n) is 1.66. The Morgan fingerprint density at radius 3 is 2.67 bits per heavy atom. The van der Waals surface area contributed by atoms with Crippen LogP contribution >= 0.6 is 0 Å². The van der Waals surface area contributed by atoms with Crippen LogP contribution in [0, 0.1) is 0 Å². The van der Waals surface area contributed by atoms with Crippen molar-refractivity contribution in [2.75, 3.05) is 6.61 Å². The molecule has 0 aliphatic carbocycles. The molecule has 2 heterocycles. The molecule has 0 aromatic rings. The van der Waals surface area contributed by atoms with Crippen LogP contribution in [0.25, 0.3) is 0 Å². The lowest BCUT2D eigenvalue weighted by molar-refractivity contribution is -0.142. The summed E-state index contributed by atoms with van der Waals surface area (Å²) < 4.78 is 9.60. The molecule has 2 aliphatic rings. The van der Waals surface area contributed by atoms with E-state index in [0.29, 0.717) is 0 Å². The van der Waals surface area contributed by atoms with Gasteiger partial charge in [0.2, 0.25) is 0 Å². The van der Waals surface area contributed by atoms with Gasteiger partial charge in [-0.3, -0.25) is 0 Å². The van der Waals surface area contributed by atoms with Gasteiger partial charge in [-0.2, -0.15) is 0 Å². The zero-order valence-electron chi connectivity index (χ0n) is 4.73. The molecule has 0 spiro atoms. The molecule has 2 rings (SSSR count). The van der Waals surface area contributed by atoms with Crippen molar-refractivity contribution in [2.45, 2.75) is 24.6 Å². The Labute approximate surface area is 52.0 Å². The molecule has 0 aromatic carbocycles. The highest BCUT2D eigenvalue weighted by molar-refractivity contribution is 4.95. The predicted molar refractivity (Wildman–Crippen MR) is 26.6 cm³/mol. The minimum absolute atomic E-state index is 0.172. The van der Waals surface area contributed by atoms with Gasteiger partial charge < -0.3 is 19.7 Å². The van der Waals surface area contributed by atoms with E-state index < -0.39 is 12.4 Å². The second-order valence-electron chi connectivity index (χ2n) is 2.36. The molecule has 2 saturated heterocycles. The van der Waals surface area contributed by atoms with E-state index in [9.17, 15) is 0 Å². The maximum absolute atomic E-state index is 8.98. The number of fused-ring (bicyclic) bond motifs is 1. The van der Waals surface area contributed by atoms with E-state index in [-0.39, 0.29) is 18.8 Å². The first kappa shape index (κ1) is 5.61. The summed E-state index contributed by atoms with van der Waals surface area (Å²) in [6.07, 6.45) is -1.81. The smallest absolute Gasteiger partial charge is 0.183 e. The van der Waals surface area contributed by atoms with Gasteiger partial charge in [-0.25, -0.2) is 0 Å². The zero-order valence-corrected chi connectivity index (χ0v) is 4.73. The fraction of sp³-hybridized carbons (Fsp3) is 1.00. The fourth-order valence-electron chi connectivity index (χ4n) is 1.06. The first-order valence-corrected chi connectivity index (χ1v) is 2.92. The van der Waals surface area contributed by atoms with Crippen molar-refractivity contribution in [2.24, 2.45) is 0 Å². The largest absolute Gasteiger partial charge is 0.388 e. The molecule has 52 valence electrons. The summed E-state index contributed by atoms with van der Waals surface area (Å²) in [4.78, 5) is 0. The Kier molecular flexibility index (Phi) is 1.04. The number of ether oxygens (including phenoxy) is 2. The van der Waals surface area contributed by atoms with E-state index in [2.05, 4.69) is 0 Å². The summed E-state index contributed by atoms with van der Waals surface area (Å²) >= 11 is 0. The number of epoxide rings is 1. The van der Waals surface area contributed by atoms with Gasteiger partial charge in [0.15, 0.2) is 6.29 Å². The number of hydrogen-bond acceptors (Lipinski definition) is 4. The van der Waals surface area contributed by atoms with Gasteiger partial charge in [0.25, 0.3) is 0 Å². The Bertz CT molecular complexity index is 112. The van der Waals surface area contributed by atoms with E-state index in [1.807, 2.05) is 0 Å². The lowest BCUT2D eigenvalue weighted by Gasteiger charge is -2.17. The molecular weight excluding hydrogens is 124 g/mol. The molecule has 0 saturated carbocycles. The van der Waals surface area contributed by atoms with Crippen molar-refractivity contribution in [3.05, 3.63) is 0 Å². The van der Waals surface area contributed by atoms with Gasteiger partial charge in [-0.1, -0.05) is 0 Å². The second kappa shape index (κ2) is 1.67. The number of rotatable bonds is 0. The van der Waals surface area contributed by atoms with Crippen LogP contribution in [0.4, 0.5) is 0 Å². The Morgan fingerprint density at radius 2 is 2.00 bits per heavy atom. The molecule has 4 nitrogen and oxygen atoms in total. The maximum Gasteiger partial charge on any atom is 0.183 e. The Morgan fingerprint density at radius 1 is 1.22 bits per heavy atom. The fourth-order valence-corrected chi connectivity index (χ4v) is 1.06. The topological polar surface area (TPSA) is 62.2 Å². The third kappa shape index (κ3) is 0.753. The highest BCUT2D eigenvalue weighted by Crippen LogP contribution is 2.32. The molecular formula is C5H8O4.